The van der Waals surface area contributed by atoms with E-state index < -0.39 is 0 Å². The largest absolute Gasteiger partial charge is 0.438 e. The Morgan fingerprint density at radius 2 is 2.22 bits per heavy atom. The van der Waals surface area contributed by atoms with Gasteiger partial charge in [-0.3, -0.25) is 9.69 Å². The summed E-state index contributed by atoms with van der Waals surface area (Å²) < 4.78 is 16.4. The van der Waals surface area contributed by atoms with Crippen molar-refractivity contribution in [3.63, 3.8) is 0 Å². The molecule has 0 bridgehead atoms. The van der Waals surface area contributed by atoms with Gasteiger partial charge in [-0.15, -0.1) is 5.10 Å². The summed E-state index contributed by atoms with van der Waals surface area (Å²) in [5.41, 5.74) is 2.04. The maximum Gasteiger partial charge on any atom is 0.237 e. The minimum atomic E-state index is -0.270. The Bertz CT molecular complexity index is 1170. The lowest BCUT2D eigenvalue weighted by Crippen LogP contribution is -2.44. The summed E-state index contributed by atoms with van der Waals surface area (Å²) in [5, 5.41) is 4.51. The zero-order valence-electron chi connectivity index (χ0n) is 18.1. The summed E-state index contributed by atoms with van der Waals surface area (Å²) in [4.78, 5) is 18.4. The van der Waals surface area contributed by atoms with Crippen molar-refractivity contribution < 1.29 is 14.3 Å². The number of anilines is 1. The van der Waals surface area contributed by atoms with E-state index in [1.807, 2.05) is 36.5 Å². The fraction of sp³-hybridized carbons (Fsp3) is 0.391. The minimum absolute atomic E-state index is 0.117. The van der Waals surface area contributed by atoms with Crippen LogP contribution in [-0.4, -0.2) is 63.3 Å². The molecular weight excluding hydrogens is 426 g/mol. The Labute approximate surface area is 189 Å². The third-order valence-corrected chi connectivity index (χ3v) is 6.97. The zero-order chi connectivity index (χ0) is 22.1. The van der Waals surface area contributed by atoms with Crippen LogP contribution in [0.25, 0.3) is 5.65 Å². The first-order valence-corrected chi connectivity index (χ1v) is 12.2. The van der Waals surface area contributed by atoms with Crippen LogP contribution in [0.5, 0.6) is 11.6 Å². The van der Waals surface area contributed by atoms with Crippen molar-refractivity contribution in [1.82, 2.24) is 19.5 Å². The van der Waals surface area contributed by atoms with E-state index in [-0.39, 0.29) is 16.5 Å². The molecule has 4 heterocycles. The average Bonchev–Trinajstić information content (AvgIpc) is 3.31. The first kappa shape index (κ1) is 21.1. The molecule has 1 spiro atoms. The topological polar surface area (TPSA) is 81.0 Å². The van der Waals surface area contributed by atoms with Crippen LogP contribution in [0.15, 0.2) is 42.6 Å². The maximum atomic E-state index is 11.4. The van der Waals surface area contributed by atoms with Gasteiger partial charge in [0.15, 0.2) is 11.5 Å². The lowest BCUT2D eigenvalue weighted by atomic mass is 9.85. The molecule has 1 aromatic carbocycles. The van der Waals surface area contributed by atoms with Gasteiger partial charge in [-0.1, -0.05) is 28.7 Å². The minimum Gasteiger partial charge on any atom is -0.438 e. The fourth-order valence-electron chi connectivity index (χ4n) is 4.26. The molecule has 0 radical (unpaired) electrons. The van der Waals surface area contributed by atoms with Crippen molar-refractivity contribution in [2.75, 3.05) is 36.9 Å². The normalized spacial score (nSPS) is 18.5. The van der Waals surface area contributed by atoms with Crippen molar-refractivity contribution >= 4 is 33.8 Å². The van der Waals surface area contributed by atoms with Gasteiger partial charge < -0.3 is 14.2 Å². The van der Waals surface area contributed by atoms with Gasteiger partial charge in [0.25, 0.3) is 0 Å². The second-order valence-electron chi connectivity index (χ2n) is 8.75. The fourth-order valence-corrected chi connectivity index (χ4v) is 5.38. The van der Waals surface area contributed by atoms with Crippen molar-refractivity contribution in [2.24, 2.45) is 5.41 Å². The maximum absolute atomic E-state index is 11.4. The molecule has 5 rings (SSSR count). The Balaban J connectivity index is 1.22. The molecule has 2 aromatic heterocycles. The molecule has 3 aromatic rings. The molecule has 1 atom stereocenters. The number of aromatic nitrogens is 3. The highest BCUT2D eigenvalue weighted by atomic mass is 32.2. The van der Waals surface area contributed by atoms with E-state index in [0.29, 0.717) is 23.5 Å². The Hall–Kier alpha value is -2.75. The summed E-state index contributed by atoms with van der Waals surface area (Å²) in [7, 11) is -0.270. The number of ketones is 1. The number of hydrogen-bond donors (Lipinski definition) is 1. The van der Waals surface area contributed by atoms with Crippen LogP contribution in [0.3, 0.4) is 0 Å². The number of carbonyl (C=O) groups is 1. The molecule has 2 aliphatic heterocycles. The number of rotatable bonds is 8. The van der Waals surface area contributed by atoms with Gasteiger partial charge in [-0.25, -0.2) is 9.50 Å². The predicted octanol–water partition coefficient (Wildman–Crippen LogP) is 3.36. The van der Waals surface area contributed by atoms with E-state index in [9.17, 15) is 4.79 Å². The van der Waals surface area contributed by atoms with Crippen LogP contribution in [0.1, 0.15) is 18.9 Å². The number of Topliss-reactive ketones (excluding diaryl/α,β-unsaturated/α-hetero) is 1. The number of nitrogens with one attached hydrogen (secondary N) is 1. The standard InChI is InChI=1S/C23H27N5O3S/c1-17(29)10-18-4-3-5-19(11-18)31-22-7-6-21-24-20(12-28(21)25-22)26-32(2)16-27-9-8-23(13-27)14-30-15-23/h3-7,11-12,26H,2,8-10,13-16H2,1H3. The molecule has 2 saturated heterocycles. The van der Waals surface area contributed by atoms with Crippen LogP contribution >= 0.6 is 10.7 Å². The van der Waals surface area contributed by atoms with E-state index in [2.05, 4.69) is 25.6 Å². The van der Waals surface area contributed by atoms with Gasteiger partial charge in [-0.05, 0) is 43.7 Å². The highest BCUT2D eigenvalue weighted by Gasteiger charge is 2.44. The quantitative estimate of drug-likeness (QED) is 0.524. The third-order valence-electron chi connectivity index (χ3n) is 5.79. The molecule has 168 valence electrons. The molecule has 2 fully saturated rings. The molecule has 1 unspecified atom stereocenters. The number of nitrogens with zero attached hydrogens (tertiary/aromatic N) is 4. The second-order valence-corrected chi connectivity index (χ2v) is 10.2. The van der Waals surface area contributed by atoms with Crippen LogP contribution in [0, 0.1) is 5.41 Å². The highest BCUT2D eigenvalue weighted by molar-refractivity contribution is 8.15. The summed E-state index contributed by atoms with van der Waals surface area (Å²) in [6, 6.07) is 11.2. The van der Waals surface area contributed by atoms with Gasteiger partial charge >= 0.3 is 0 Å². The van der Waals surface area contributed by atoms with Crippen LogP contribution in [-0.2, 0) is 16.0 Å². The van der Waals surface area contributed by atoms with E-state index in [0.717, 1.165) is 49.2 Å². The molecule has 0 saturated carbocycles. The van der Waals surface area contributed by atoms with E-state index in [1.54, 1.807) is 17.5 Å². The lowest BCUT2D eigenvalue weighted by molar-refractivity contribution is -0.116. The Kier molecular flexibility index (Phi) is 5.71. The number of hydrogen-bond acceptors (Lipinski definition) is 7. The number of imidazole rings is 1. The van der Waals surface area contributed by atoms with Crippen molar-refractivity contribution in [3.8, 4) is 11.6 Å². The lowest BCUT2D eigenvalue weighted by Gasteiger charge is -2.37. The van der Waals surface area contributed by atoms with E-state index >= 15 is 0 Å². The first-order valence-electron chi connectivity index (χ1n) is 10.7. The number of fused-ring (bicyclic) bond motifs is 1. The van der Waals surface area contributed by atoms with E-state index in [1.165, 1.54) is 6.42 Å². The average molecular weight is 454 g/mol. The van der Waals surface area contributed by atoms with Crippen LogP contribution in [0.2, 0.25) is 0 Å². The molecule has 1 N–H and O–H groups in total. The van der Waals surface area contributed by atoms with Crippen LogP contribution in [0.4, 0.5) is 5.82 Å². The molecule has 0 aliphatic carbocycles. The smallest absolute Gasteiger partial charge is 0.237 e. The summed E-state index contributed by atoms with van der Waals surface area (Å²) in [5.74, 6) is 7.15. The van der Waals surface area contributed by atoms with Crippen LogP contribution < -0.4 is 9.46 Å². The molecular formula is C23H27N5O3S. The monoisotopic (exact) mass is 453 g/mol. The number of benzene rings is 1. The Morgan fingerprint density at radius 1 is 1.34 bits per heavy atom. The van der Waals surface area contributed by atoms with Gasteiger partial charge in [0, 0.05) is 24.4 Å². The van der Waals surface area contributed by atoms with Crippen molar-refractivity contribution in [3.05, 3.63) is 48.2 Å². The number of carbonyl (C=O) groups excluding carboxylic acids is 1. The highest BCUT2D eigenvalue weighted by Crippen LogP contribution is 2.38. The molecule has 9 heteroatoms. The third kappa shape index (κ3) is 4.69. The van der Waals surface area contributed by atoms with Gasteiger partial charge in [0.05, 0.1) is 25.3 Å². The summed E-state index contributed by atoms with van der Waals surface area (Å²) in [6.07, 6.45) is 3.45. The van der Waals surface area contributed by atoms with E-state index in [4.69, 9.17) is 9.47 Å². The Morgan fingerprint density at radius 3 is 2.97 bits per heavy atom. The van der Waals surface area contributed by atoms with Crippen molar-refractivity contribution in [2.45, 2.75) is 19.8 Å². The summed E-state index contributed by atoms with van der Waals surface area (Å²) >= 11 is 0. The van der Waals surface area contributed by atoms with Crippen molar-refractivity contribution in [1.29, 1.82) is 0 Å². The second kappa shape index (κ2) is 8.65. The molecule has 0 amide bonds. The SMILES string of the molecule is C=S(CN1CCC2(COC2)C1)Nc1cn2nc(Oc3cccc(CC(C)=O)c3)ccc2n1. The molecule has 2 aliphatic rings. The van der Waals surface area contributed by atoms with Gasteiger partial charge in [0.2, 0.25) is 5.88 Å². The number of likely N-dealkylation sites (tertiary alicyclic amines) is 1. The first-order chi connectivity index (χ1) is 15.5. The van der Waals surface area contributed by atoms with Gasteiger partial charge in [-0.2, -0.15) is 0 Å². The molecule has 32 heavy (non-hydrogen) atoms. The predicted molar refractivity (Wildman–Crippen MR) is 127 cm³/mol. The summed E-state index contributed by atoms with van der Waals surface area (Å²) in [6.45, 7) is 5.56. The number of ether oxygens (including phenoxy) is 2. The molecule has 8 nitrogen and oxygen atoms in total. The van der Waals surface area contributed by atoms with Gasteiger partial charge in [0.1, 0.15) is 11.5 Å². The zero-order valence-corrected chi connectivity index (χ0v) is 18.9.